The average Bonchev–Trinajstić information content (AvgIpc) is 3.18. The fourth-order valence-corrected chi connectivity index (χ4v) is 3.15. The number of anilines is 1. The Labute approximate surface area is 129 Å². The molecular weight excluding hydrogens is 316 g/mol. The molecule has 2 fully saturated rings. The van der Waals surface area contributed by atoms with Gasteiger partial charge in [0.2, 0.25) is 0 Å². The van der Waals surface area contributed by atoms with Crippen LogP contribution in [-0.2, 0) is 6.54 Å². The Morgan fingerprint density at radius 3 is 2.65 bits per heavy atom. The van der Waals surface area contributed by atoms with Crippen molar-refractivity contribution in [3.63, 3.8) is 0 Å². The zero-order chi connectivity index (χ0) is 13.9. The fourth-order valence-electron chi connectivity index (χ4n) is 2.80. The summed E-state index contributed by atoms with van der Waals surface area (Å²) in [6.07, 6.45) is 6.45. The summed E-state index contributed by atoms with van der Waals surface area (Å²) in [5.41, 5.74) is 2.63. The van der Waals surface area contributed by atoms with Crippen LogP contribution < -0.4 is 10.2 Å². The zero-order valence-electron chi connectivity index (χ0n) is 11.8. The van der Waals surface area contributed by atoms with Gasteiger partial charge in [-0.05, 0) is 49.8 Å². The second-order valence-corrected chi connectivity index (χ2v) is 6.85. The Bertz CT molecular complexity index is 458. The van der Waals surface area contributed by atoms with Crippen molar-refractivity contribution in [2.75, 3.05) is 18.1 Å². The van der Waals surface area contributed by atoms with Gasteiger partial charge in [-0.1, -0.05) is 22.0 Å². The number of rotatable bonds is 7. The van der Waals surface area contributed by atoms with Gasteiger partial charge < -0.3 is 15.3 Å². The molecule has 2 aliphatic carbocycles. The predicted octanol–water partition coefficient (Wildman–Crippen LogP) is 3.05. The van der Waals surface area contributed by atoms with Gasteiger partial charge in [-0.25, -0.2) is 0 Å². The molecule has 3 rings (SSSR count). The highest BCUT2D eigenvalue weighted by molar-refractivity contribution is 9.10. The minimum atomic E-state index is 0.221. The van der Waals surface area contributed by atoms with Crippen LogP contribution in [0.25, 0.3) is 0 Å². The van der Waals surface area contributed by atoms with E-state index in [1.54, 1.807) is 0 Å². The Balaban J connectivity index is 1.80. The maximum absolute atomic E-state index is 9.39. The highest BCUT2D eigenvalue weighted by atomic mass is 79.9. The normalized spacial score (nSPS) is 18.9. The van der Waals surface area contributed by atoms with Gasteiger partial charge in [0.05, 0.1) is 6.61 Å². The second-order valence-electron chi connectivity index (χ2n) is 5.93. The van der Waals surface area contributed by atoms with Gasteiger partial charge in [0.25, 0.3) is 0 Å². The van der Waals surface area contributed by atoms with Crippen molar-refractivity contribution in [3.8, 4) is 0 Å². The van der Waals surface area contributed by atoms with E-state index < -0.39 is 0 Å². The molecule has 4 heteroatoms. The third kappa shape index (κ3) is 3.35. The first-order chi connectivity index (χ1) is 9.78. The summed E-state index contributed by atoms with van der Waals surface area (Å²) in [6.45, 7) is 1.89. The standard InChI is InChI=1S/C16H23BrN2O/c17-13-5-4-12(11-18-14-6-7-14)16(10-13)19(8-9-20)15-2-1-3-15/h4-5,10,14-15,18,20H,1-3,6-9,11H2. The van der Waals surface area contributed by atoms with E-state index >= 15 is 0 Å². The van der Waals surface area contributed by atoms with E-state index in [9.17, 15) is 5.11 Å². The lowest BCUT2D eigenvalue weighted by Gasteiger charge is -2.40. The molecule has 0 aliphatic heterocycles. The first kappa shape index (κ1) is 14.4. The summed E-state index contributed by atoms with van der Waals surface area (Å²) in [5, 5.41) is 13.0. The van der Waals surface area contributed by atoms with Crippen molar-refractivity contribution in [2.45, 2.75) is 50.7 Å². The molecule has 0 amide bonds. The molecule has 0 saturated heterocycles. The molecule has 0 bridgehead atoms. The summed E-state index contributed by atoms with van der Waals surface area (Å²) < 4.78 is 1.12. The molecule has 20 heavy (non-hydrogen) atoms. The number of aliphatic hydroxyl groups excluding tert-OH is 1. The van der Waals surface area contributed by atoms with Gasteiger partial charge in [-0.15, -0.1) is 0 Å². The Hall–Kier alpha value is -0.580. The number of halogens is 1. The quantitative estimate of drug-likeness (QED) is 0.802. The Morgan fingerprint density at radius 2 is 2.05 bits per heavy atom. The lowest BCUT2D eigenvalue weighted by atomic mass is 9.90. The molecule has 0 aromatic heterocycles. The zero-order valence-corrected chi connectivity index (χ0v) is 13.4. The van der Waals surface area contributed by atoms with E-state index in [-0.39, 0.29) is 6.61 Å². The van der Waals surface area contributed by atoms with Crippen LogP contribution in [0.1, 0.15) is 37.7 Å². The van der Waals surface area contributed by atoms with Crippen molar-refractivity contribution in [1.29, 1.82) is 0 Å². The number of benzene rings is 1. The van der Waals surface area contributed by atoms with Crippen LogP contribution in [-0.4, -0.2) is 30.3 Å². The van der Waals surface area contributed by atoms with Gasteiger partial charge in [-0.3, -0.25) is 0 Å². The highest BCUT2D eigenvalue weighted by Gasteiger charge is 2.27. The van der Waals surface area contributed by atoms with E-state index in [0.29, 0.717) is 6.04 Å². The summed E-state index contributed by atoms with van der Waals surface area (Å²) >= 11 is 3.59. The lowest BCUT2D eigenvalue weighted by Crippen LogP contribution is -2.42. The average molecular weight is 339 g/mol. The molecule has 2 aliphatic rings. The van der Waals surface area contributed by atoms with Crippen LogP contribution in [0.4, 0.5) is 5.69 Å². The number of aliphatic hydroxyl groups is 1. The molecular formula is C16H23BrN2O. The molecule has 0 spiro atoms. The summed E-state index contributed by atoms with van der Waals surface area (Å²) in [4.78, 5) is 2.40. The number of hydrogen-bond acceptors (Lipinski definition) is 3. The van der Waals surface area contributed by atoms with E-state index in [0.717, 1.165) is 23.6 Å². The summed E-state index contributed by atoms with van der Waals surface area (Å²) in [7, 11) is 0. The summed E-state index contributed by atoms with van der Waals surface area (Å²) in [5.74, 6) is 0. The monoisotopic (exact) mass is 338 g/mol. The van der Waals surface area contributed by atoms with E-state index in [4.69, 9.17) is 0 Å². The van der Waals surface area contributed by atoms with E-state index in [1.807, 2.05) is 0 Å². The molecule has 2 N–H and O–H groups in total. The van der Waals surface area contributed by atoms with Crippen LogP contribution >= 0.6 is 15.9 Å². The Morgan fingerprint density at radius 1 is 1.25 bits per heavy atom. The van der Waals surface area contributed by atoms with Crippen LogP contribution in [0.3, 0.4) is 0 Å². The maximum atomic E-state index is 9.39. The molecule has 1 aromatic rings. The largest absolute Gasteiger partial charge is 0.395 e. The third-order valence-corrected chi connectivity index (χ3v) is 4.86. The molecule has 0 heterocycles. The number of nitrogens with zero attached hydrogens (tertiary/aromatic N) is 1. The van der Waals surface area contributed by atoms with Crippen LogP contribution in [0.15, 0.2) is 22.7 Å². The van der Waals surface area contributed by atoms with E-state index in [2.05, 4.69) is 44.3 Å². The van der Waals surface area contributed by atoms with Gasteiger partial charge >= 0.3 is 0 Å². The Kier molecular flexibility index (Phi) is 4.64. The minimum absolute atomic E-state index is 0.221. The fraction of sp³-hybridized carbons (Fsp3) is 0.625. The van der Waals surface area contributed by atoms with Gasteiger partial charge in [0, 0.05) is 35.3 Å². The molecule has 2 saturated carbocycles. The van der Waals surface area contributed by atoms with Gasteiger partial charge in [0.15, 0.2) is 0 Å². The number of nitrogens with one attached hydrogen (secondary N) is 1. The van der Waals surface area contributed by atoms with Crippen molar-refractivity contribution >= 4 is 21.6 Å². The maximum Gasteiger partial charge on any atom is 0.0606 e. The van der Waals surface area contributed by atoms with Crippen molar-refractivity contribution in [2.24, 2.45) is 0 Å². The predicted molar refractivity (Wildman–Crippen MR) is 86.1 cm³/mol. The summed E-state index contributed by atoms with van der Waals surface area (Å²) in [6, 6.07) is 7.86. The molecule has 110 valence electrons. The van der Waals surface area contributed by atoms with Crippen molar-refractivity contribution in [1.82, 2.24) is 5.32 Å². The van der Waals surface area contributed by atoms with Crippen molar-refractivity contribution in [3.05, 3.63) is 28.2 Å². The molecule has 0 radical (unpaired) electrons. The molecule has 1 aromatic carbocycles. The lowest BCUT2D eigenvalue weighted by molar-refractivity contribution is 0.283. The third-order valence-electron chi connectivity index (χ3n) is 4.37. The van der Waals surface area contributed by atoms with Gasteiger partial charge in [0.1, 0.15) is 0 Å². The van der Waals surface area contributed by atoms with Crippen LogP contribution in [0.2, 0.25) is 0 Å². The first-order valence-corrected chi connectivity index (χ1v) is 8.46. The van der Waals surface area contributed by atoms with Gasteiger partial charge in [-0.2, -0.15) is 0 Å². The topological polar surface area (TPSA) is 35.5 Å². The first-order valence-electron chi connectivity index (χ1n) is 7.67. The smallest absolute Gasteiger partial charge is 0.0606 e. The highest BCUT2D eigenvalue weighted by Crippen LogP contribution is 2.33. The van der Waals surface area contributed by atoms with Crippen molar-refractivity contribution < 1.29 is 5.11 Å². The van der Waals surface area contributed by atoms with Crippen LogP contribution in [0, 0.1) is 0 Å². The van der Waals surface area contributed by atoms with E-state index in [1.165, 1.54) is 43.4 Å². The number of hydrogen-bond donors (Lipinski definition) is 2. The second kappa shape index (κ2) is 6.46. The van der Waals surface area contributed by atoms with Crippen LogP contribution in [0.5, 0.6) is 0 Å². The molecule has 0 unspecified atom stereocenters. The minimum Gasteiger partial charge on any atom is -0.395 e. The molecule has 0 atom stereocenters. The SMILES string of the molecule is OCCN(c1cc(Br)ccc1CNC1CC1)C1CCC1. The molecule has 3 nitrogen and oxygen atoms in total.